The molecule has 26 heavy (non-hydrogen) atoms. The molecule has 0 heterocycles. The molecule has 0 amide bonds. The maximum Gasteiger partial charge on any atom is 0.166 e. The molecule has 0 radical (unpaired) electrons. The predicted octanol–water partition coefficient (Wildman–Crippen LogP) is 8.50. The minimum absolute atomic E-state index is 0. The molecule has 1 heteroatoms. The van der Waals surface area contributed by atoms with Crippen molar-refractivity contribution < 1.29 is 0 Å². The Morgan fingerprint density at radius 3 is 0.769 bits per heavy atom. The smallest absolute Gasteiger partial charge is 0.0776 e. The van der Waals surface area contributed by atoms with Crippen LogP contribution in [0, 0.1) is 0 Å². The molecule has 142 valence electrons. The van der Waals surface area contributed by atoms with Crippen LogP contribution in [-0.2, 0) is 10.9 Å². The van der Waals surface area contributed by atoms with Gasteiger partial charge in [0.1, 0.15) is 0 Å². The Morgan fingerprint density at radius 1 is 0.385 bits per heavy atom. The molecule has 0 aliphatic rings. The van der Waals surface area contributed by atoms with Gasteiger partial charge in [0.05, 0.1) is 10.9 Å². The number of hydrogen-bond donors (Lipinski definition) is 0. The van der Waals surface area contributed by atoms with Crippen molar-refractivity contribution in [3.63, 3.8) is 0 Å². The first-order valence-corrected chi connectivity index (χ1v) is 10.6. The molecule has 0 spiro atoms. The molecule has 0 aliphatic heterocycles. The second-order valence-corrected chi connectivity index (χ2v) is 6.27. The third kappa shape index (κ3) is 8.40. The average molecular weight is 370 g/mol. The minimum Gasteiger partial charge on any atom is -0.0776 e. The molecule has 0 bridgehead atoms. The second kappa shape index (κ2) is 17.8. The first-order chi connectivity index (χ1) is 12.4. The monoisotopic (exact) mass is 369 g/mol. The van der Waals surface area contributed by atoms with E-state index in [0.29, 0.717) is 0 Å². The first-order valence-electron chi connectivity index (χ1n) is 9.34. The van der Waals surface area contributed by atoms with Gasteiger partial charge in [0.2, 0.25) is 0 Å². The lowest BCUT2D eigenvalue weighted by atomic mass is 10.4. The van der Waals surface area contributed by atoms with Crippen molar-refractivity contribution in [1.82, 2.24) is 0 Å². The molecule has 0 aromatic heterocycles. The highest BCUT2D eigenvalue weighted by Gasteiger charge is 2.27. The van der Waals surface area contributed by atoms with E-state index in [1.54, 1.807) is 0 Å². The van der Waals surface area contributed by atoms with Crippen LogP contribution in [0.25, 0.3) is 0 Å². The predicted molar refractivity (Wildman–Crippen MR) is 122 cm³/mol. The molecule has 3 aromatic carbocycles. The quantitative estimate of drug-likeness (QED) is 0.406. The zero-order valence-electron chi connectivity index (χ0n) is 16.6. The summed E-state index contributed by atoms with van der Waals surface area (Å²) in [6.45, 7) is 12.0. The van der Waals surface area contributed by atoms with Crippen LogP contribution in [0.5, 0.6) is 0 Å². The van der Waals surface area contributed by atoms with Crippen LogP contribution in [0.3, 0.4) is 0 Å². The van der Waals surface area contributed by atoms with Crippen LogP contribution in [0.15, 0.2) is 106 Å². The molecule has 0 saturated carbocycles. The van der Waals surface area contributed by atoms with Crippen LogP contribution < -0.4 is 0 Å². The molecule has 0 N–H and O–H groups in total. The largest absolute Gasteiger partial charge is 0.166 e. The van der Waals surface area contributed by atoms with Gasteiger partial charge in [-0.05, 0) is 36.4 Å². The van der Waals surface area contributed by atoms with Gasteiger partial charge in [0.15, 0.2) is 14.7 Å². The fourth-order valence-corrected chi connectivity index (χ4v) is 4.18. The zero-order chi connectivity index (χ0) is 18.9. The Labute approximate surface area is 165 Å². The van der Waals surface area contributed by atoms with Gasteiger partial charge in [-0.25, -0.2) is 0 Å². The highest BCUT2D eigenvalue weighted by atomic mass is 32.2. The Kier molecular flexibility index (Phi) is 18.0. The molecule has 3 aromatic rings. The fraction of sp³-hybridized carbons (Fsp3) is 0.280. The van der Waals surface area contributed by atoms with Crippen molar-refractivity contribution in [2.45, 2.75) is 63.7 Å². The summed E-state index contributed by atoms with van der Waals surface area (Å²) >= 11 is 0. The van der Waals surface area contributed by atoms with E-state index in [0.717, 1.165) is 0 Å². The summed E-state index contributed by atoms with van der Waals surface area (Å²) in [4.78, 5) is 4.08. The normalized spacial score (nSPS) is 8.42. The molecule has 0 atom stereocenters. The molecule has 0 fully saturated rings. The maximum atomic E-state index is 2.21. The molecular weight excluding hydrogens is 332 g/mol. The summed E-state index contributed by atoms with van der Waals surface area (Å²) in [5.74, 6) is 0. The molecule has 0 saturated heterocycles. The lowest BCUT2D eigenvalue weighted by Gasteiger charge is -2.07. The number of benzene rings is 3. The number of hydrogen-bond acceptors (Lipinski definition) is 0. The summed E-state index contributed by atoms with van der Waals surface area (Å²) in [6, 6.07) is 32.2. The van der Waals surface area contributed by atoms with Crippen LogP contribution in [0.4, 0.5) is 0 Å². The van der Waals surface area contributed by atoms with E-state index < -0.39 is 0 Å². The Morgan fingerprint density at radius 2 is 0.577 bits per heavy atom. The molecular formula is C25H37S+. The fourth-order valence-electron chi connectivity index (χ4n) is 2.08. The Balaban J connectivity index is 0. The second-order valence-electron chi connectivity index (χ2n) is 4.25. The molecule has 0 nitrogen and oxygen atoms in total. The van der Waals surface area contributed by atoms with Gasteiger partial charge >= 0.3 is 0 Å². The van der Waals surface area contributed by atoms with Crippen molar-refractivity contribution in [1.29, 1.82) is 0 Å². The van der Waals surface area contributed by atoms with Crippen molar-refractivity contribution >= 4 is 10.9 Å². The maximum absolute atomic E-state index is 2.21. The SMILES string of the molecule is C.CC.CC.CC.c1ccc([S+](c2ccccc2)c2ccccc2)cc1. The zero-order valence-corrected chi connectivity index (χ0v) is 17.4. The van der Waals surface area contributed by atoms with Gasteiger partial charge in [-0.1, -0.05) is 104 Å². The van der Waals surface area contributed by atoms with Crippen LogP contribution >= 0.6 is 0 Å². The minimum atomic E-state index is -0.0146. The van der Waals surface area contributed by atoms with Crippen molar-refractivity contribution in [3.05, 3.63) is 91.0 Å². The topological polar surface area (TPSA) is 0 Å². The highest BCUT2D eigenvalue weighted by molar-refractivity contribution is 7.97. The van der Waals surface area contributed by atoms with Crippen LogP contribution in [0.2, 0.25) is 0 Å². The standard InChI is InChI=1S/C18H15S.3C2H6.CH4/c1-4-10-16(11-5-1)19(17-12-6-2-7-13-17)18-14-8-3-9-15-18;3*1-2;/h1-15H;3*1-2H3;1H4/q+1;;;;. The van der Waals surface area contributed by atoms with Crippen molar-refractivity contribution in [2.24, 2.45) is 0 Å². The van der Waals surface area contributed by atoms with Gasteiger partial charge < -0.3 is 0 Å². The average Bonchev–Trinajstić information content (AvgIpc) is 2.75. The lowest BCUT2D eigenvalue weighted by Crippen LogP contribution is -2.04. The molecule has 3 rings (SSSR count). The van der Waals surface area contributed by atoms with E-state index in [4.69, 9.17) is 0 Å². The summed E-state index contributed by atoms with van der Waals surface area (Å²) in [5.41, 5.74) is 0. The van der Waals surface area contributed by atoms with Crippen molar-refractivity contribution in [2.75, 3.05) is 0 Å². The van der Waals surface area contributed by atoms with Gasteiger partial charge in [0, 0.05) is 0 Å². The lowest BCUT2D eigenvalue weighted by molar-refractivity contribution is 1.32. The summed E-state index contributed by atoms with van der Waals surface area (Å²) < 4.78 is 0. The molecule has 0 aliphatic carbocycles. The van der Waals surface area contributed by atoms with E-state index in [1.807, 2.05) is 41.5 Å². The summed E-state index contributed by atoms with van der Waals surface area (Å²) in [5, 5.41) is 0. The van der Waals surface area contributed by atoms with E-state index in [1.165, 1.54) is 14.7 Å². The first kappa shape index (κ1) is 26.2. The van der Waals surface area contributed by atoms with Crippen LogP contribution in [-0.4, -0.2) is 0 Å². The van der Waals surface area contributed by atoms with E-state index >= 15 is 0 Å². The van der Waals surface area contributed by atoms with Gasteiger partial charge in [0.25, 0.3) is 0 Å². The van der Waals surface area contributed by atoms with Gasteiger partial charge in [-0.15, -0.1) is 0 Å². The van der Waals surface area contributed by atoms with E-state index in [2.05, 4.69) is 91.0 Å². The third-order valence-electron chi connectivity index (χ3n) is 2.94. The van der Waals surface area contributed by atoms with Gasteiger partial charge in [-0.2, -0.15) is 0 Å². The highest BCUT2D eigenvalue weighted by Crippen LogP contribution is 2.30. The van der Waals surface area contributed by atoms with Gasteiger partial charge in [-0.3, -0.25) is 0 Å². The summed E-state index contributed by atoms with van der Waals surface area (Å²) in [6.07, 6.45) is 0. The molecule has 0 unspecified atom stereocenters. The van der Waals surface area contributed by atoms with E-state index in [-0.39, 0.29) is 18.3 Å². The van der Waals surface area contributed by atoms with E-state index in [9.17, 15) is 0 Å². The number of rotatable bonds is 3. The Bertz CT molecular complexity index is 524. The summed E-state index contributed by atoms with van der Waals surface area (Å²) in [7, 11) is -0.0146. The third-order valence-corrected chi connectivity index (χ3v) is 5.17. The van der Waals surface area contributed by atoms with Crippen molar-refractivity contribution in [3.8, 4) is 0 Å². The van der Waals surface area contributed by atoms with Crippen LogP contribution in [0.1, 0.15) is 49.0 Å². The Hall–Kier alpha value is -1.99.